The molecular formula is C12H10ClN3O2S2. The molecule has 5 nitrogen and oxygen atoms in total. The van der Waals surface area contributed by atoms with Crippen molar-refractivity contribution < 1.29 is 9.59 Å². The van der Waals surface area contributed by atoms with Crippen molar-refractivity contribution in [2.24, 2.45) is 0 Å². The Hall–Kier alpha value is -1.57. The van der Waals surface area contributed by atoms with Crippen LogP contribution in [0, 0.1) is 0 Å². The van der Waals surface area contributed by atoms with Gasteiger partial charge in [0.05, 0.1) is 15.7 Å². The number of thiophene rings is 1. The third kappa shape index (κ3) is 4.22. The van der Waals surface area contributed by atoms with Crippen molar-refractivity contribution in [2.75, 3.05) is 5.75 Å². The van der Waals surface area contributed by atoms with E-state index in [0.29, 0.717) is 14.9 Å². The molecule has 0 unspecified atom stereocenters. The Kier molecular flexibility index (Phi) is 5.40. The van der Waals surface area contributed by atoms with Gasteiger partial charge in [0.25, 0.3) is 5.91 Å². The van der Waals surface area contributed by atoms with Crippen LogP contribution in [0.25, 0.3) is 0 Å². The SMILES string of the molecule is O=C(CSc1ncccc1Cl)NNC(=O)c1cccs1. The molecule has 0 aromatic carbocycles. The van der Waals surface area contributed by atoms with Crippen LogP contribution in [0.1, 0.15) is 9.67 Å². The summed E-state index contributed by atoms with van der Waals surface area (Å²) >= 11 is 8.42. The zero-order valence-corrected chi connectivity index (χ0v) is 12.5. The Labute approximate surface area is 128 Å². The molecule has 0 radical (unpaired) electrons. The number of nitrogens with zero attached hydrogens (tertiary/aromatic N) is 1. The van der Waals surface area contributed by atoms with E-state index in [-0.39, 0.29) is 17.6 Å². The van der Waals surface area contributed by atoms with Crippen molar-refractivity contribution in [1.82, 2.24) is 15.8 Å². The normalized spacial score (nSPS) is 10.1. The van der Waals surface area contributed by atoms with E-state index in [1.165, 1.54) is 23.1 Å². The van der Waals surface area contributed by atoms with Crippen LogP contribution in [0.3, 0.4) is 0 Å². The monoisotopic (exact) mass is 327 g/mol. The molecule has 2 N–H and O–H groups in total. The molecular weight excluding hydrogens is 318 g/mol. The van der Waals surface area contributed by atoms with E-state index in [2.05, 4.69) is 15.8 Å². The molecule has 0 aliphatic carbocycles. The van der Waals surface area contributed by atoms with Gasteiger partial charge >= 0.3 is 0 Å². The number of hydrogen-bond acceptors (Lipinski definition) is 5. The lowest BCUT2D eigenvalue weighted by atomic mass is 10.4. The summed E-state index contributed by atoms with van der Waals surface area (Å²) in [4.78, 5) is 27.8. The van der Waals surface area contributed by atoms with Gasteiger partial charge in [-0.3, -0.25) is 20.4 Å². The van der Waals surface area contributed by atoms with Gasteiger partial charge in [0.15, 0.2) is 0 Å². The molecule has 2 aromatic heterocycles. The first-order valence-corrected chi connectivity index (χ1v) is 7.77. The Morgan fingerprint density at radius 3 is 2.85 bits per heavy atom. The molecule has 8 heteroatoms. The largest absolute Gasteiger partial charge is 0.279 e. The van der Waals surface area contributed by atoms with Gasteiger partial charge in [-0.05, 0) is 23.6 Å². The number of carbonyl (C=O) groups excluding carboxylic acids is 2. The smallest absolute Gasteiger partial charge is 0.272 e. The molecule has 0 aliphatic rings. The Morgan fingerprint density at radius 1 is 1.30 bits per heavy atom. The van der Waals surface area contributed by atoms with Crippen LogP contribution in [-0.2, 0) is 4.79 Å². The van der Waals surface area contributed by atoms with Crippen molar-refractivity contribution in [3.05, 3.63) is 45.7 Å². The van der Waals surface area contributed by atoms with Crippen molar-refractivity contribution in [3.8, 4) is 0 Å². The first kappa shape index (κ1) is 14.8. The van der Waals surface area contributed by atoms with Gasteiger partial charge in [-0.15, -0.1) is 11.3 Å². The highest BCUT2D eigenvalue weighted by molar-refractivity contribution is 8.00. The quantitative estimate of drug-likeness (QED) is 0.668. The van der Waals surface area contributed by atoms with Gasteiger partial charge in [0, 0.05) is 6.20 Å². The highest BCUT2D eigenvalue weighted by Gasteiger charge is 2.09. The zero-order chi connectivity index (χ0) is 14.4. The number of hydrogen-bond donors (Lipinski definition) is 2. The fourth-order valence-electron chi connectivity index (χ4n) is 1.24. The second kappa shape index (κ2) is 7.28. The minimum absolute atomic E-state index is 0.113. The molecule has 2 rings (SSSR count). The van der Waals surface area contributed by atoms with E-state index in [4.69, 9.17) is 11.6 Å². The number of thioether (sulfide) groups is 1. The Morgan fingerprint density at radius 2 is 2.15 bits per heavy atom. The van der Waals surface area contributed by atoms with Crippen molar-refractivity contribution in [2.45, 2.75) is 5.03 Å². The first-order valence-electron chi connectivity index (χ1n) is 5.53. The second-order valence-electron chi connectivity index (χ2n) is 3.56. The van der Waals surface area contributed by atoms with Gasteiger partial charge in [-0.25, -0.2) is 4.98 Å². The minimum atomic E-state index is -0.339. The van der Waals surface area contributed by atoms with E-state index >= 15 is 0 Å². The molecule has 0 saturated heterocycles. The lowest BCUT2D eigenvalue weighted by Gasteiger charge is -2.06. The zero-order valence-electron chi connectivity index (χ0n) is 10.1. The molecule has 2 heterocycles. The maximum absolute atomic E-state index is 11.6. The Bertz CT molecular complexity index is 605. The predicted octanol–water partition coefficient (Wildman–Crippen LogP) is 2.35. The number of carbonyl (C=O) groups is 2. The number of nitrogens with one attached hydrogen (secondary N) is 2. The highest BCUT2D eigenvalue weighted by Crippen LogP contribution is 2.23. The maximum atomic E-state index is 11.6. The van der Waals surface area contributed by atoms with Crippen LogP contribution in [0.15, 0.2) is 40.9 Å². The maximum Gasteiger partial charge on any atom is 0.279 e. The third-order valence-electron chi connectivity index (χ3n) is 2.13. The minimum Gasteiger partial charge on any atom is -0.272 e. The number of pyridine rings is 1. The summed E-state index contributed by atoms with van der Waals surface area (Å²) in [7, 11) is 0. The van der Waals surface area contributed by atoms with E-state index in [0.717, 1.165) is 0 Å². The van der Waals surface area contributed by atoms with Crippen LogP contribution in [0.5, 0.6) is 0 Å². The molecule has 104 valence electrons. The third-order valence-corrected chi connectivity index (χ3v) is 4.42. The van der Waals surface area contributed by atoms with E-state index < -0.39 is 0 Å². The first-order chi connectivity index (χ1) is 9.66. The molecule has 0 bridgehead atoms. The lowest BCUT2D eigenvalue weighted by molar-refractivity contribution is -0.119. The van der Waals surface area contributed by atoms with Gasteiger partial charge in [-0.2, -0.15) is 0 Å². The summed E-state index contributed by atoms with van der Waals surface area (Å²) < 4.78 is 0. The van der Waals surface area contributed by atoms with Gasteiger partial charge in [0.2, 0.25) is 5.91 Å². The van der Waals surface area contributed by atoms with Crippen LogP contribution >= 0.6 is 34.7 Å². The van der Waals surface area contributed by atoms with E-state index in [1.807, 2.05) is 0 Å². The van der Waals surface area contributed by atoms with E-state index in [1.54, 1.807) is 35.8 Å². The van der Waals surface area contributed by atoms with Crippen molar-refractivity contribution in [3.63, 3.8) is 0 Å². The molecule has 0 aliphatic heterocycles. The Balaban J connectivity index is 1.76. The number of amides is 2. The van der Waals surface area contributed by atoms with Crippen LogP contribution < -0.4 is 10.9 Å². The molecule has 0 atom stereocenters. The van der Waals surface area contributed by atoms with Gasteiger partial charge in [-0.1, -0.05) is 29.4 Å². The van der Waals surface area contributed by atoms with E-state index in [9.17, 15) is 9.59 Å². The summed E-state index contributed by atoms with van der Waals surface area (Å²) in [5, 5.41) is 2.86. The van der Waals surface area contributed by atoms with Crippen LogP contribution in [-0.4, -0.2) is 22.6 Å². The van der Waals surface area contributed by atoms with Crippen molar-refractivity contribution >= 4 is 46.5 Å². The number of hydrazine groups is 1. The number of aromatic nitrogens is 1. The molecule has 20 heavy (non-hydrogen) atoms. The number of rotatable bonds is 4. The summed E-state index contributed by atoms with van der Waals surface area (Å²) in [5.74, 6) is -0.558. The molecule has 2 amide bonds. The summed E-state index contributed by atoms with van der Waals surface area (Å²) in [6.45, 7) is 0. The topological polar surface area (TPSA) is 71.1 Å². The standard InChI is InChI=1S/C12H10ClN3O2S2/c13-8-3-1-5-14-12(8)20-7-10(17)15-16-11(18)9-4-2-6-19-9/h1-6H,7H2,(H,15,17)(H,16,18). The molecule has 0 saturated carbocycles. The average Bonchev–Trinajstić information content (AvgIpc) is 2.98. The average molecular weight is 328 g/mol. The second-order valence-corrected chi connectivity index (χ2v) is 5.88. The summed E-state index contributed by atoms with van der Waals surface area (Å²) in [5.41, 5.74) is 4.68. The summed E-state index contributed by atoms with van der Waals surface area (Å²) in [6, 6.07) is 6.86. The van der Waals surface area contributed by atoms with Gasteiger partial charge in [0.1, 0.15) is 5.03 Å². The van der Waals surface area contributed by atoms with Gasteiger partial charge < -0.3 is 0 Å². The fourth-order valence-corrected chi connectivity index (χ4v) is 2.83. The predicted molar refractivity (Wildman–Crippen MR) is 79.9 cm³/mol. The van der Waals surface area contributed by atoms with Crippen molar-refractivity contribution in [1.29, 1.82) is 0 Å². The molecule has 0 spiro atoms. The summed E-state index contributed by atoms with van der Waals surface area (Å²) in [6.07, 6.45) is 1.60. The number of halogens is 1. The molecule has 0 fully saturated rings. The lowest BCUT2D eigenvalue weighted by Crippen LogP contribution is -2.42. The van der Waals surface area contributed by atoms with Crippen LogP contribution in [0.2, 0.25) is 5.02 Å². The highest BCUT2D eigenvalue weighted by atomic mass is 35.5. The fraction of sp³-hybridized carbons (Fsp3) is 0.0833. The molecule has 2 aromatic rings. The van der Waals surface area contributed by atoms with Crippen LogP contribution in [0.4, 0.5) is 0 Å².